The molecule has 7 heteroatoms. The number of alkyl halides is 2. The lowest BCUT2D eigenvalue weighted by molar-refractivity contribution is -0.0514. The average Bonchev–Trinajstić information content (AvgIpc) is 2.72. The van der Waals surface area contributed by atoms with Gasteiger partial charge in [-0.15, -0.1) is 0 Å². The monoisotopic (exact) mass is 406 g/mol. The van der Waals surface area contributed by atoms with Crippen LogP contribution in [0.15, 0.2) is 48.5 Å². The largest absolute Gasteiger partial charge is 0.490 e. The van der Waals surface area contributed by atoms with E-state index in [4.69, 9.17) is 4.74 Å². The molecule has 0 spiro atoms. The second-order valence-corrected chi connectivity index (χ2v) is 6.33. The minimum atomic E-state index is -2.96. The van der Waals surface area contributed by atoms with E-state index in [-0.39, 0.29) is 30.1 Å². The summed E-state index contributed by atoms with van der Waals surface area (Å²) >= 11 is 0. The van der Waals surface area contributed by atoms with Crippen molar-refractivity contribution in [3.05, 3.63) is 59.7 Å². The van der Waals surface area contributed by atoms with Crippen LogP contribution in [0.5, 0.6) is 11.5 Å². The molecule has 1 unspecified atom stereocenters. The Balaban J connectivity index is 2.16. The molecule has 0 saturated heterocycles. The maximum Gasteiger partial charge on any atom is 0.387 e. The maximum atomic E-state index is 12.7. The van der Waals surface area contributed by atoms with Crippen LogP contribution < -0.4 is 14.8 Å². The summed E-state index contributed by atoms with van der Waals surface area (Å²) < 4.78 is 34.9. The molecule has 29 heavy (non-hydrogen) atoms. The highest BCUT2D eigenvalue weighted by atomic mass is 19.3. The number of halogens is 2. The van der Waals surface area contributed by atoms with Gasteiger partial charge in [0.2, 0.25) is 0 Å². The zero-order chi connectivity index (χ0) is 21.2. The Kier molecular flexibility index (Phi) is 8.86. The first-order chi connectivity index (χ1) is 14.0. The van der Waals surface area contributed by atoms with Crippen LogP contribution in [0, 0.1) is 0 Å². The molecule has 0 bridgehead atoms. The van der Waals surface area contributed by atoms with E-state index >= 15 is 0 Å². The lowest BCUT2D eigenvalue weighted by Crippen LogP contribution is -2.38. The van der Waals surface area contributed by atoms with E-state index in [2.05, 4.69) is 28.8 Å². The molecule has 0 radical (unpaired) electrons. The van der Waals surface area contributed by atoms with Crippen LogP contribution in [0.2, 0.25) is 0 Å². The van der Waals surface area contributed by atoms with Gasteiger partial charge in [-0.05, 0) is 43.8 Å². The maximum absolute atomic E-state index is 12.7. The molecule has 0 aliphatic rings. The van der Waals surface area contributed by atoms with Gasteiger partial charge in [-0.2, -0.15) is 8.78 Å². The van der Waals surface area contributed by atoms with E-state index in [1.165, 1.54) is 18.2 Å². The minimum absolute atomic E-state index is 0.0305. The summed E-state index contributed by atoms with van der Waals surface area (Å²) in [6.07, 6.45) is 0. The standard InChI is InChI=1S/C22H28F2N2O3/c1-4-26(5-2)18(16-10-8-7-9-11-16)15-25-21(27)17-12-13-19(29-22(23)24)20(14-17)28-6-3/h7-14,18,22H,4-6,15H2,1-3H3,(H,25,27). The summed E-state index contributed by atoms with van der Waals surface area (Å²) in [6, 6.07) is 14.2. The molecular formula is C22H28F2N2O3. The molecule has 0 aliphatic carbocycles. The molecule has 158 valence electrons. The Bertz CT molecular complexity index is 768. The molecule has 2 rings (SSSR count). The fraction of sp³-hybridized carbons (Fsp3) is 0.409. The quantitative estimate of drug-likeness (QED) is 0.597. The summed E-state index contributed by atoms with van der Waals surface area (Å²) in [6.45, 7) is 5.31. The van der Waals surface area contributed by atoms with Gasteiger partial charge >= 0.3 is 6.61 Å². The molecule has 5 nitrogen and oxygen atoms in total. The first-order valence-corrected chi connectivity index (χ1v) is 9.78. The second-order valence-electron chi connectivity index (χ2n) is 6.33. The van der Waals surface area contributed by atoms with E-state index < -0.39 is 6.61 Å². The Morgan fingerprint density at radius 2 is 1.72 bits per heavy atom. The van der Waals surface area contributed by atoms with Gasteiger partial charge in [0.25, 0.3) is 5.91 Å². The van der Waals surface area contributed by atoms with Gasteiger partial charge in [-0.1, -0.05) is 44.2 Å². The van der Waals surface area contributed by atoms with Gasteiger partial charge in [0.1, 0.15) is 0 Å². The number of nitrogens with zero attached hydrogens (tertiary/aromatic N) is 1. The lowest BCUT2D eigenvalue weighted by Gasteiger charge is -2.30. The van der Waals surface area contributed by atoms with Crippen molar-refractivity contribution in [2.75, 3.05) is 26.2 Å². The Hall–Kier alpha value is -2.67. The van der Waals surface area contributed by atoms with Crippen molar-refractivity contribution in [3.63, 3.8) is 0 Å². The molecule has 1 N–H and O–H groups in total. The number of carbonyl (C=O) groups excluding carboxylic acids is 1. The Morgan fingerprint density at radius 1 is 1.03 bits per heavy atom. The minimum Gasteiger partial charge on any atom is -0.490 e. The SMILES string of the molecule is CCOc1cc(C(=O)NCC(c2ccccc2)N(CC)CC)ccc1OC(F)F. The predicted octanol–water partition coefficient (Wildman–Crippen LogP) is 4.50. The molecule has 0 aliphatic heterocycles. The van der Waals surface area contributed by atoms with Crippen LogP contribution >= 0.6 is 0 Å². The average molecular weight is 406 g/mol. The number of hydrogen-bond donors (Lipinski definition) is 1. The van der Waals surface area contributed by atoms with Crippen LogP contribution in [0.1, 0.15) is 42.7 Å². The zero-order valence-corrected chi connectivity index (χ0v) is 17.0. The van der Waals surface area contributed by atoms with Crippen molar-refractivity contribution in [1.82, 2.24) is 10.2 Å². The van der Waals surface area contributed by atoms with Gasteiger partial charge < -0.3 is 14.8 Å². The Morgan fingerprint density at radius 3 is 2.31 bits per heavy atom. The van der Waals surface area contributed by atoms with Crippen LogP contribution in [0.4, 0.5) is 8.78 Å². The molecule has 0 saturated carbocycles. The van der Waals surface area contributed by atoms with Crippen molar-refractivity contribution in [2.45, 2.75) is 33.4 Å². The topological polar surface area (TPSA) is 50.8 Å². The molecule has 2 aromatic carbocycles. The third-order valence-corrected chi connectivity index (χ3v) is 4.62. The highest BCUT2D eigenvalue weighted by molar-refractivity contribution is 5.94. The number of nitrogens with one attached hydrogen (secondary N) is 1. The second kappa shape index (κ2) is 11.4. The molecule has 1 amide bonds. The van der Waals surface area contributed by atoms with Gasteiger partial charge in [0.05, 0.1) is 12.6 Å². The van der Waals surface area contributed by atoms with Gasteiger partial charge in [0, 0.05) is 12.1 Å². The summed E-state index contributed by atoms with van der Waals surface area (Å²) in [7, 11) is 0. The summed E-state index contributed by atoms with van der Waals surface area (Å²) in [4.78, 5) is 15.0. The molecule has 0 fully saturated rings. The van der Waals surface area contributed by atoms with Crippen LogP contribution in [-0.2, 0) is 0 Å². The van der Waals surface area contributed by atoms with E-state index in [1.54, 1.807) is 6.92 Å². The molecule has 1 atom stereocenters. The van der Waals surface area contributed by atoms with E-state index in [0.29, 0.717) is 12.1 Å². The van der Waals surface area contributed by atoms with Crippen LogP contribution in [0.3, 0.4) is 0 Å². The number of carbonyl (C=O) groups is 1. The fourth-order valence-electron chi connectivity index (χ4n) is 3.20. The van der Waals surface area contributed by atoms with E-state index in [9.17, 15) is 13.6 Å². The van der Waals surface area contributed by atoms with E-state index in [1.807, 2.05) is 30.3 Å². The number of amides is 1. The van der Waals surface area contributed by atoms with Gasteiger partial charge in [-0.25, -0.2) is 0 Å². The number of ether oxygens (including phenoxy) is 2. The number of benzene rings is 2. The Labute approximate surface area is 170 Å². The molecule has 0 aromatic heterocycles. The summed E-state index contributed by atoms with van der Waals surface area (Å²) in [5.74, 6) is -0.282. The lowest BCUT2D eigenvalue weighted by atomic mass is 10.0. The van der Waals surface area contributed by atoms with Crippen molar-refractivity contribution >= 4 is 5.91 Å². The summed E-state index contributed by atoms with van der Waals surface area (Å²) in [5.41, 5.74) is 1.44. The van der Waals surface area contributed by atoms with Crippen LogP contribution in [0.25, 0.3) is 0 Å². The van der Waals surface area contributed by atoms with Crippen molar-refractivity contribution < 1.29 is 23.0 Å². The van der Waals surface area contributed by atoms with Crippen molar-refractivity contribution in [2.24, 2.45) is 0 Å². The van der Waals surface area contributed by atoms with E-state index in [0.717, 1.165) is 18.7 Å². The van der Waals surface area contributed by atoms with Crippen LogP contribution in [-0.4, -0.2) is 43.7 Å². The third kappa shape index (κ3) is 6.42. The number of likely N-dealkylation sites (N-methyl/N-ethyl adjacent to an activating group) is 1. The molecular weight excluding hydrogens is 378 g/mol. The normalized spacial score (nSPS) is 12.1. The highest BCUT2D eigenvalue weighted by Crippen LogP contribution is 2.30. The highest BCUT2D eigenvalue weighted by Gasteiger charge is 2.20. The smallest absolute Gasteiger partial charge is 0.387 e. The first kappa shape index (κ1) is 22.6. The van der Waals surface area contributed by atoms with Gasteiger partial charge in [0.15, 0.2) is 11.5 Å². The van der Waals surface area contributed by atoms with Crippen molar-refractivity contribution in [1.29, 1.82) is 0 Å². The molecule has 2 aromatic rings. The summed E-state index contributed by atoms with van der Waals surface area (Å²) in [5, 5.41) is 2.95. The van der Waals surface area contributed by atoms with Gasteiger partial charge in [-0.3, -0.25) is 9.69 Å². The zero-order valence-electron chi connectivity index (χ0n) is 17.0. The first-order valence-electron chi connectivity index (χ1n) is 9.78. The number of hydrogen-bond acceptors (Lipinski definition) is 4. The fourth-order valence-corrected chi connectivity index (χ4v) is 3.20. The third-order valence-electron chi connectivity index (χ3n) is 4.62. The predicted molar refractivity (Wildman–Crippen MR) is 109 cm³/mol. The van der Waals surface area contributed by atoms with Crippen molar-refractivity contribution in [3.8, 4) is 11.5 Å². The molecule has 0 heterocycles. The number of rotatable bonds is 11.